The van der Waals surface area contributed by atoms with Crippen LogP contribution in [0.25, 0.3) is 0 Å². The Bertz CT molecular complexity index is 549. The number of hydrogen-bond donors (Lipinski definition) is 1. The predicted octanol–water partition coefficient (Wildman–Crippen LogP) is 2.04. The van der Waals surface area contributed by atoms with Crippen molar-refractivity contribution in [3.63, 3.8) is 0 Å². The van der Waals surface area contributed by atoms with E-state index in [1.165, 1.54) is 12.8 Å². The van der Waals surface area contributed by atoms with E-state index in [0.717, 1.165) is 31.8 Å². The maximum atomic E-state index is 12.4. The van der Waals surface area contributed by atoms with Crippen molar-refractivity contribution in [1.29, 1.82) is 0 Å². The number of carbonyl (C=O) groups excluding carboxylic acids is 1. The van der Waals surface area contributed by atoms with Crippen LogP contribution in [-0.4, -0.2) is 46.1 Å². The third kappa shape index (κ3) is 4.10. The van der Waals surface area contributed by atoms with Gasteiger partial charge in [0.2, 0.25) is 11.8 Å². The number of nitrogens with zero attached hydrogens (tertiary/aromatic N) is 3. The van der Waals surface area contributed by atoms with Crippen molar-refractivity contribution < 1.29 is 9.32 Å². The molecule has 1 amide bonds. The molecule has 2 bridgehead atoms. The summed E-state index contributed by atoms with van der Waals surface area (Å²) in [4.78, 5) is 18.9. The van der Waals surface area contributed by atoms with Crippen LogP contribution in [0.2, 0.25) is 0 Å². The van der Waals surface area contributed by atoms with Crippen LogP contribution in [-0.2, 0) is 16.6 Å². The molecule has 0 aliphatic carbocycles. The highest BCUT2D eigenvalue weighted by Crippen LogP contribution is 2.21. The molecular formula is C17H28N4O2. The van der Waals surface area contributed by atoms with E-state index in [0.29, 0.717) is 30.8 Å². The Hall–Kier alpha value is -1.43. The average molecular weight is 320 g/mol. The minimum absolute atomic E-state index is 0.101. The first kappa shape index (κ1) is 16.4. The van der Waals surface area contributed by atoms with E-state index in [1.54, 1.807) is 0 Å². The lowest BCUT2D eigenvalue weighted by molar-refractivity contribution is -0.131. The fourth-order valence-electron chi connectivity index (χ4n) is 3.38. The standard InChI is InChI=1S/C17H28N4O2/c1-17(2,3)16-19-14(23-20-16)5-4-6-15(22)21-10-9-12-7-8-13(11-21)18-12/h12-13,18H,4-11H2,1-3H3. The SMILES string of the molecule is CC(C)(C)c1noc(CCCC(=O)N2CCC3CCC(C2)N3)n1. The van der Waals surface area contributed by atoms with E-state index in [1.807, 2.05) is 4.90 Å². The first-order valence-corrected chi connectivity index (χ1v) is 8.79. The van der Waals surface area contributed by atoms with Crippen LogP contribution in [0.3, 0.4) is 0 Å². The smallest absolute Gasteiger partial charge is 0.226 e. The van der Waals surface area contributed by atoms with Crippen LogP contribution in [0.4, 0.5) is 0 Å². The van der Waals surface area contributed by atoms with Crippen LogP contribution >= 0.6 is 0 Å². The minimum Gasteiger partial charge on any atom is -0.341 e. The lowest BCUT2D eigenvalue weighted by Gasteiger charge is -2.24. The summed E-state index contributed by atoms with van der Waals surface area (Å²) >= 11 is 0. The number of nitrogens with one attached hydrogen (secondary N) is 1. The zero-order chi connectivity index (χ0) is 16.4. The number of rotatable bonds is 4. The first-order chi connectivity index (χ1) is 10.9. The number of fused-ring (bicyclic) bond motifs is 2. The third-order valence-corrected chi connectivity index (χ3v) is 4.80. The van der Waals surface area contributed by atoms with Crippen molar-refractivity contribution >= 4 is 5.91 Å². The molecule has 3 heterocycles. The molecule has 128 valence electrons. The quantitative estimate of drug-likeness (QED) is 0.919. The van der Waals surface area contributed by atoms with Gasteiger partial charge in [0.25, 0.3) is 0 Å². The molecule has 2 fully saturated rings. The molecule has 2 aliphatic heterocycles. The Morgan fingerprint density at radius 2 is 2.09 bits per heavy atom. The number of likely N-dealkylation sites (tertiary alicyclic amines) is 1. The third-order valence-electron chi connectivity index (χ3n) is 4.80. The highest BCUT2D eigenvalue weighted by molar-refractivity contribution is 5.76. The van der Waals surface area contributed by atoms with Gasteiger partial charge in [-0.2, -0.15) is 4.98 Å². The molecule has 2 unspecified atom stereocenters. The van der Waals surface area contributed by atoms with Crippen molar-refractivity contribution in [2.24, 2.45) is 0 Å². The molecule has 6 nitrogen and oxygen atoms in total. The highest BCUT2D eigenvalue weighted by atomic mass is 16.5. The summed E-state index contributed by atoms with van der Waals surface area (Å²) in [5, 5.41) is 7.63. The maximum Gasteiger partial charge on any atom is 0.226 e. The Kier molecular flexibility index (Phi) is 4.71. The van der Waals surface area contributed by atoms with Gasteiger partial charge in [-0.3, -0.25) is 4.79 Å². The van der Waals surface area contributed by atoms with Gasteiger partial charge in [-0.25, -0.2) is 0 Å². The van der Waals surface area contributed by atoms with Crippen LogP contribution in [0.15, 0.2) is 4.52 Å². The largest absolute Gasteiger partial charge is 0.341 e. The molecule has 0 aromatic carbocycles. The molecule has 1 aromatic rings. The normalized spacial score (nSPS) is 24.7. The average Bonchev–Trinajstić information content (AvgIpc) is 3.05. The maximum absolute atomic E-state index is 12.4. The molecular weight excluding hydrogens is 292 g/mol. The van der Waals surface area contributed by atoms with Gasteiger partial charge < -0.3 is 14.7 Å². The van der Waals surface area contributed by atoms with Gasteiger partial charge in [0.1, 0.15) is 0 Å². The van der Waals surface area contributed by atoms with Gasteiger partial charge in [0, 0.05) is 43.4 Å². The van der Waals surface area contributed by atoms with E-state index >= 15 is 0 Å². The predicted molar refractivity (Wildman–Crippen MR) is 87.1 cm³/mol. The summed E-state index contributed by atoms with van der Waals surface area (Å²) in [6, 6.07) is 1.11. The number of aryl methyl sites for hydroxylation is 1. The van der Waals surface area contributed by atoms with E-state index in [2.05, 4.69) is 36.2 Å². The molecule has 1 aromatic heterocycles. The molecule has 0 spiro atoms. The Balaban J connectivity index is 1.45. The second kappa shape index (κ2) is 6.59. The molecule has 23 heavy (non-hydrogen) atoms. The van der Waals surface area contributed by atoms with Crippen molar-refractivity contribution in [2.45, 2.75) is 76.8 Å². The lowest BCUT2D eigenvalue weighted by Crippen LogP contribution is -2.38. The summed E-state index contributed by atoms with van der Waals surface area (Å²) in [6.45, 7) is 7.94. The summed E-state index contributed by atoms with van der Waals surface area (Å²) in [6.07, 6.45) is 5.55. The van der Waals surface area contributed by atoms with Gasteiger partial charge in [-0.15, -0.1) is 0 Å². The Morgan fingerprint density at radius 3 is 2.83 bits per heavy atom. The summed E-state index contributed by atoms with van der Waals surface area (Å²) < 4.78 is 5.28. The number of amides is 1. The number of aromatic nitrogens is 2. The highest BCUT2D eigenvalue weighted by Gasteiger charge is 2.30. The molecule has 0 saturated carbocycles. The van der Waals surface area contributed by atoms with E-state index in [-0.39, 0.29) is 11.3 Å². The molecule has 0 radical (unpaired) electrons. The fourth-order valence-corrected chi connectivity index (χ4v) is 3.38. The van der Waals surface area contributed by atoms with E-state index < -0.39 is 0 Å². The topological polar surface area (TPSA) is 71.3 Å². The molecule has 3 rings (SSSR count). The zero-order valence-electron chi connectivity index (χ0n) is 14.5. The van der Waals surface area contributed by atoms with Gasteiger partial charge >= 0.3 is 0 Å². The van der Waals surface area contributed by atoms with Gasteiger partial charge in [0.05, 0.1) is 0 Å². The number of carbonyl (C=O) groups is 1. The van der Waals surface area contributed by atoms with E-state index in [4.69, 9.17) is 4.52 Å². The van der Waals surface area contributed by atoms with Crippen LogP contribution in [0, 0.1) is 0 Å². The van der Waals surface area contributed by atoms with Crippen LogP contribution in [0.1, 0.15) is 64.6 Å². The van der Waals surface area contributed by atoms with Gasteiger partial charge in [0.15, 0.2) is 5.82 Å². The molecule has 2 saturated heterocycles. The summed E-state index contributed by atoms with van der Waals surface area (Å²) in [5.41, 5.74) is -0.101. The first-order valence-electron chi connectivity index (χ1n) is 8.79. The Labute approximate surface area is 138 Å². The summed E-state index contributed by atoms with van der Waals surface area (Å²) in [7, 11) is 0. The minimum atomic E-state index is -0.101. The second-order valence-corrected chi connectivity index (χ2v) is 7.88. The molecule has 6 heteroatoms. The fraction of sp³-hybridized carbons (Fsp3) is 0.824. The van der Waals surface area contributed by atoms with E-state index in [9.17, 15) is 4.79 Å². The van der Waals surface area contributed by atoms with Crippen LogP contribution < -0.4 is 5.32 Å². The van der Waals surface area contributed by atoms with Crippen molar-refractivity contribution in [3.05, 3.63) is 11.7 Å². The van der Waals surface area contributed by atoms with Gasteiger partial charge in [-0.1, -0.05) is 25.9 Å². The van der Waals surface area contributed by atoms with Crippen LogP contribution in [0.5, 0.6) is 0 Å². The van der Waals surface area contributed by atoms with Gasteiger partial charge in [-0.05, 0) is 25.7 Å². The molecule has 1 N–H and O–H groups in total. The lowest BCUT2D eigenvalue weighted by atomic mass is 9.96. The molecule has 2 atom stereocenters. The zero-order valence-corrected chi connectivity index (χ0v) is 14.5. The van der Waals surface area contributed by atoms with Crippen molar-refractivity contribution in [3.8, 4) is 0 Å². The van der Waals surface area contributed by atoms with Crippen molar-refractivity contribution in [1.82, 2.24) is 20.4 Å². The second-order valence-electron chi connectivity index (χ2n) is 7.88. The Morgan fingerprint density at radius 1 is 1.30 bits per heavy atom. The van der Waals surface area contributed by atoms with Crippen molar-refractivity contribution in [2.75, 3.05) is 13.1 Å². The number of hydrogen-bond acceptors (Lipinski definition) is 5. The summed E-state index contributed by atoms with van der Waals surface area (Å²) in [5.74, 6) is 1.63. The monoisotopic (exact) mass is 320 g/mol. The molecule has 2 aliphatic rings.